The molecule has 0 bridgehead atoms. The Labute approximate surface area is 125 Å². The molecular weight excluding hydrogens is 286 g/mol. The first-order chi connectivity index (χ1) is 9.90. The van der Waals surface area contributed by atoms with Crippen LogP contribution in [-0.4, -0.2) is 15.0 Å². The summed E-state index contributed by atoms with van der Waals surface area (Å²) in [6.07, 6.45) is 0. The van der Waals surface area contributed by atoms with Crippen LogP contribution in [0.3, 0.4) is 0 Å². The summed E-state index contributed by atoms with van der Waals surface area (Å²) in [6.45, 7) is 3.58. The van der Waals surface area contributed by atoms with Crippen molar-refractivity contribution in [1.82, 2.24) is 0 Å². The third-order valence-electron chi connectivity index (χ3n) is 3.27. The largest absolute Gasteiger partial charge is 0.399 e. The molecule has 0 aromatic heterocycles. The lowest BCUT2D eigenvalue weighted by Crippen LogP contribution is -2.22. The predicted molar refractivity (Wildman–Crippen MR) is 85.4 cm³/mol. The number of benzene rings is 2. The van der Waals surface area contributed by atoms with Crippen LogP contribution in [0.2, 0.25) is 0 Å². The molecule has 0 aliphatic heterocycles. The van der Waals surface area contributed by atoms with E-state index in [0.29, 0.717) is 0 Å². The summed E-state index contributed by atoms with van der Waals surface area (Å²) in [5.41, 5.74) is 8.50. The minimum atomic E-state index is -3.65. The number of rotatable bonds is 5. The molecule has 21 heavy (non-hydrogen) atoms. The van der Waals surface area contributed by atoms with Gasteiger partial charge in [-0.1, -0.05) is 12.1 Å². The maximum Gasteiger partial charge on any atom is 0.238 e. The van der Waals surface area contributed by atoms with Gasteiger partial charge in [0.15, 0.2) is 0 Å². The normalized spacial score (nSPS) is 11.3. The molecule has 2 rings (SSSR count). The maximum atomic E-state index is 11.3. The number of nitrogen functional groups attached to an aromatic ring is 1. The maximum absolute atomic E-state index is 11.3. The summed E-state index contributed by atoms with van der Waals surface area (Å²) in [7, 11) is -3.65. The van der Waals surface area contributed by atoms with Crippen molar-refractivity contribution in [2.75, 3.05) is 17.2 Å². The molecule has 0 saturated heterocycles. The van der Waals surface area contributed by atoms with Crippen molar-refractivity contribution in [1.29, 1.82) is 0 Å². The van der Waals surface area contributed by atoms with Crippen LogP contribution >= 0.6 is 0 Å². The van der Waals surface area contributed by atoms with Crippen LogP contribution in [0.5, 0.6) is 0 Å². The van der Waals surface area contributed by atoms with Gasteiger partial charge in [0.2, 0.25) is 10.0 Å². The number of hydrogen-bond acceptors (Lipinski definition) is 4. The van der Waals surface area contributed by atoms with Crippen molar-refractivity contribution < 1.29 is 8.42 Å². The van der Waals surface area contributed by atoms with E-state index < -0.39 is 10.0 Å². The van der Waals surface area contributed by atoms with Crippen LogP contribution in [-0.2, 0) is 16.6 Å². The fraction of sp³-hybridized carbons (Fsp3) is 0.200. The zero-order valence-electron chi connectivity index (χ0n) is 11.9. The number of nitrogens with two attached hydrogens (primary N) is 2. The van der Waals surface area contributed by atoms with Crippen molar-refractivity contribution in [2.24, 2.45) is 5.14 Å². The van der Waals surface area contributed by atoms with Gasteiger partial charge in [0.1, 0.15) is 0 Å². The van der Waals surface area contributed by atoms with E-state index in [4.69, 9.17) is 10.9 Å². The van der Waals surface area contributed by atoms with Gasteiger partial charge in [0.25, 0.3) is 0 Å². The molecule has 0 aliphatic rings. The Hall–Kier alpha value is -2.05. The number of sulfonamides is 1. The number of primary sulfonamides is 1. The highest BCUT2D eigenvalue weighted by Gasteiger charge is 2.10. The van der Waals surface area contributed by atoms with E-state index in [2.05, 4.69) is 4.90 Å². The number of anilines is 2. The number of nitrogens with zero attached hydrogens (tertiary/aromatic N) is 1. The molecule has 112 valence electrons. The second-order valence-corrected chi connectivity index (χ2v) is 6.36. The lowest BCUT2D eigenvalue weighted by Gasteiger charge is -2.23. The second kappa shape index (κ2) is 6.15. The van der Waals surface area contributed by atoms with Crippen LogP contribution in [0.1, 0.15) is 12.5 Å². The van der Waals surface area contributed by atoms with Crippen molar-refractivity contribution in [3.05, 3.63) is 54.1 Å². The summed E-state index contributed by atoms with van der Waals surface area (Å²) >= 11 is 0. The average Bonchev–Trinajstić information content (AvgIpc) is 2.46. The first kappa shape index (κ1) is 15.3. The molecule has 0 spiro atoms. The highest BCUT2D eigenvalue weighted by Crippen LogP contribution is 2.19. The van der Waals surface area contributed by atoms with Crippen molar-refractivity contribution in [3.8, 4) is 0 Å². The molecule has 0 atom stereocenters. The highest BCUT2D eigenvalue weighted by atomic mass is 32.2. The molecule has 6 heteroatoms. The van der Waals surface area contributed by atoms with E-state index in [1.165, 1.54) is 12.1 Å². The molecule has 0 unspecified atom stereocenters. The Morgan fingerprint density at radius 1 is 1.00 bits per heavy atom. The predicted octanol–water partition coefficient (Wildman–Crippen LogP) is 1.94. The van der Waals surface area contributed by atoms with Crippen molar-refractivity contribution in [3.63, 3.8) is 0 Å². The molecule has 0 amide bonds. The SMILES string of the molecule is CCN(Cc1ccc(N)cc1)c1ccc(S(N)(=O)=O)cc1. The van der Waals surface area contributed by atoms with Gasteiger partial charge in [-0.15, -0.1) is 0 Å². The van der Waals surface area contributed by atoms with Gasteiger partial charge in [0, 0.05) is 24.5 Å². The van der Waals surface area contributed by atoms with Crippen LogP contribution in [0.15, 0.2) is 53.4 Å². The molecular formula is C15H19N3O2S. The standard InChI is InChI=1S/C15H19N3O2S/c1-2-18(11-12-3-5-13(16)6-4-12)14-7-9-15(10-8-14)21(17,19)20/h3-10H,2,11,16H2,1H3,(H2,17,19,20). The molecule has 0 aliphatic carbocycles. The minimum Gasteiger partial charge on any atom is -0.399 e. The Bertz CT molecular complexity index is 695. The molecule has 0 heterocycles. The van der Waals surface area contributed by atoms with Gasteiger partial charge in [-0.2, -0.15) is 0 Å². The molecule has 0 radical (unpaired) electrons. The topological polar surface area (TPSA) is 89.4 Å². The zero-order chi connectivity index (χ0) is 15.5. The Kier molecular flexibility index (Phi) is 4.50. The highest BCUT2D eigenvalue weighted by molar-refractivity contribution is 7.89. The first-order valence-electron chi connectivity index (χ1n) is 6.62. The lowest BCUT2D eigenvalue weighted by atomic mass is 10.2. The molecule has 4 N–H and O–H groups in total. The summed E-state index contributed by atoms with van der Waals surface area (Å²) in [5, 5.41) is 5.10. The third kappa shape index (κ3) is 3.96. The second-order valence-electron chi connectivity index (χ2n) is 4.79. The van der Waals surface area contributed by atoms with Crippen LogP contribution in [0, 0.1) is 0 Å². The zero-order valence-corrected chi connectivity index (χ0v) is 12.7. The Morgan fingerprint density at radius 2 is 1.57 bits per heavy atom. The van der Waals surface area contributed by atoms with E-state index in [1.54, 1.807) is 12.1 Å². The van der Waals surface area contributed by atoms with Crippen LogP contribution in [0.25, 0.3) is 0 Å². The van der Waals surface area contributed by atoms with Crippen molar-refractivity contribution >= 4 is 21.4 Å². The molecule has 0 fully saturated rings. The fourth-order valence-electron chi connectivity index (χ4n) is 2.08. The molecule has 2 aromatic carbocycles. The van der Waals surface area contributed by atoms with Gasteiger partial charge in [-0.05, 0) is 48.9 Å². The van der Waals surface area contributed by atoms with Crippen LogP contribution in [0.4, 0.5) is 11.4 Å². The van der Waals surface area contributed by atoms with E-state index in [9.17, 15) is 8.42 Å². The Morgan fingerprint density at radius 3 is 2.05 bits per heavy atom. The monoisotopic (exact) mass is 305 g/mol. The van der Waals surface area contributed by atoms with Crippen molar-refractivity contribution in [2.45, 2.75) is 18.4 Å². The summed E-state index contributed by atoms with van der Waals surface area (Å²) in [5.74, 6) is 0. The van der Waals surface area contributed by atoms with E-state index in [0.717, 1.165) is 30.0 Å². The molecule has 5 nitrogen and oxygen atoms in total. The van der Waals surface area contributed by atoms with Gasteiger partial charge in [0.05, 0.1) is 4.90 Å². The molecule has 2 aromatic rings. The van der Waals surface area contributed by atoms with Gasteiger partial charge < -0.3 is 10.6 Å². The number of hydrogen-bond donors (Lipinski definition) is 2. The van der Waals surface area contributed by atoms with Gasteiger partial charge in [-0.25, -0.2) is 13.6 Å². The minimum absolute atomic E-state index is 0.120. The fourth-order valence-corrected chi connectivity index (χ4v) is 2.59. The average molecular weight is 305 g/mol. The van der Waals surface area contributed by atoms with E-state index >= 15 is 0 Å². The van der Waals surface area contributed by atoms with Gasteiger partial charge in [-0.3, -0.25) is 0 Å². The lowest BCUT2D eigenvalue weighted by molar-refractivity contribution is 0.598. The van der Waals surface area contributed by atoms with E-state index in [1.807, 2.05) is 31.2 Å². The summed E-state index contributed by atoms with van der Waals surface area (Å²) in [4.78, 5) is 2.26. The quantitative estimate of drug-likeness (QED) is 0.826. The smallest absolute Gasteiger partial charge is 0.238 e. The first-order valence-corrected chi connectivity index (χ1v) is 8.17. The molecule has 0 saturated carbocycles. The Balaban J connectivity index is 2.19. The summed E-state index contributed by atoms with van der Waals surface area (Å²) < 4.78 is 22.5. The summed E-state index contributed by atoms with van der Waals surface area (Å²) in [6, 6.07) is 14.3. The third-order valence-corrected chi connectivity index (χ3v) is 4.19. The van der Waals surface area contributed by atoms with Crippen LogP contribution < -0.4 is 15.8 Å². The van der Waals surface area contributed by atoms with Gasteiger partial charge >= 0.3 is 0 Å². The van der Waals surface area contributed by atoms with E-state index in [-0.39, 0.29) is 4.90 Å².